The van der Waals surface area contributed by atoms with Gasteiger partial charge in [0, 0.05) is 18.4 Å². The highest BCUT2D eigenvalue weighted by atomic mass is 19.4. The molecule has 1 fully saturated rings. The summed E-state index contributed by atoms with van der Waals surface area (Å²) in [4.78, 5) is 19.4. The summed E-state index contributed by atoms with van der Waals surface area (Å²) in [6, 6.07) is -0.510. The van der Waals surface area contributed by atoms with E-state index < -0.39 is 24.0 Å². The molecule has 2 rings (SSSR count). The van der Waals surface area contributed by atoms with Crippen LogP contribution in [-0.2, 0) is 0 Å². The molecule has 0 saturated heterocycles. The second-order valence-electron chi connectivity index (χ2n) is 4.87. The lowest BCUT2D eigenvalue weighted by Crippen LogP contribution is -2.42. The summed E-state index contributed by atoms with van der Waals surface area (Å²) in [6.07, 6.45) is -0.589. The van der Waals surface area contributed by atoms with E-state index in [1.165, 1.54) is 12.4 Å². The molecule has 1 aromatic heterocycles. The molecular formula is C12H15F3N4O. The van der Waals surface area contributed by atoms with Crippen LogP contribution in [0.1, 0.15) is 36.2 Å². The number of carbonyl (C=O) groups excluding carboxylic acids is 1. The van der Waals surface area contributed by atoms with Crippen LogP contribution in [0, 0.1) is 5.92 Å². The first kappa shape index (κ1) is 14.5. The lowest BCUT2D eigenvalue weighted by atomic mass is 9.85. The molecule has 0 unspecified atom stereocenters. The molecule has 2 atom stereocenters. The number of anilines is 1. The summed E-state index contributed by atoms with van der Waals surface area (Å²) in [5.74, 6) is -1.97. The van der Waals surface area contributed by atoms with Crippen LogP contribution in [0.4, 0.5) is 19.0 Å². The number of alkyl halides is 3. The zero-order valence-electron chi connectivity index (χ0n) is 10.7. The van der Waals surface area contributed by atoms with Gasteiger partial charge in [-0.25, -0.2) is 9.97 Å². The molecule has 0 bridgehead atoms. The van der Waals surface area contributed by atoms with Gasteiger partial charge < -0.3 is 11.1 Å². The Labute approximate surface area is 113 Å². The topological polar surface area (TPSA) is 80.9 Å². The molecule has 1 aromatic rings. The first-order valence-electron chi connectivity index (χ1n) is 6.32. The third kappa shape index (κ3) is 3.37. The average Bonchev–Trinajstić information content (AvgIpc) is 2.38. The van der Waals surface area contributed by atoms with Crippen molar-refractivity contribution in [2.75, 3.05) is 5.73 Å². The smallest absolute Gasteiger partial charge is 0.382 e. The van der Waals surface area contributed by atoms with E-state index in [0.717, 1.165) is 0 Å². The highest BCUT2D eigenvalue weighted by molar-refractivity contribution is 5.96. The van der Waals surface area contributed by atoms with Crippen LogP contribution in [0.5, 0.6) is 0 Å². The SMILES string of the molecule is Nc1nccnc1C(=O)N[C@H]1CCC[C@H](C(F)(F)F)C1. The van der Waals surface area contributed by atoms with Crippen LogP contribution in [0.2, 0.25) is 0 Å². The summed E-state index contributed by atoms with van der Waals surface area (Å²) >= 11 is 0. The molecule has 110 valence electrons. The summed E-state index contributed by atoms with van der Waals surface area (Å²) in [6.45, 7) is 0. The molecule has 5 nitrogen and oxygen atoms in total. The summed E-state index contributed by atoms with van der Waals surface area (Å²) in [5.41, 5.74) is 5.45. The molecule has 0 spiro atoms. The molecule has 1 heterocycles. The molecule has 1 aliphatic carbocycles. The number of aromatic nitrogens is 2. The third-order valence-corrected chi connectivity index (χ3v) is 3.41. The molecule has 1 amide bonds. The van der Waals surface area contributed by atoms with Crippen molar-refractivity contribution in [2.45, 2.75) is 37.9 Å². The predicted molar refractivity (Wildman–Crippen MR) is 65.7 cm³/mol. The fourth-order valence-electron chi connectivity index (χ4n) is 2.40. The molecule has 0 radical (unpaired) electrons. The fraction of sp³-hybridized carbons (Fsp3) is 0.583. The fourth-order valence-corrected chi connectivity index (χ4v) is 2.40. The van der Waals surface area contributed by atoms with E-state index in [9.17, 15) is 18.0 Å². The molecule has 3 N–H and O–H groups in total. The summed E-state index contributed by atoms with van der Waals surface area (Å²) in [5, 5.41) is 2.56. The number of rotatable bonds is 2. The number of nitrogens with one attached hydrogen (secondary N) is 1. The van der Waals surface area contributed by atoms with Crippen molar-refractivity contribution in [3.8, 4) is 0 Å². The molecule has 1 saturated carbocycles. The molecule has 0 aliphatic heterocycles. The van der Waals surface area contributed by atoms with Gasteiger partial charge in [-0.05, 0) is 19.3 Å². The van der Waals surface area contributed by atoms with Gasteiger partial charge >= 0.3 is 6.18 Å². The maximum atomic E-state index is 12.7. The van der Waals surface area contributed by atoms with Gasteiger partial charge in [-0.2, -0.15) is 13.2 Å². The van der Waals surface area contributed by atoms with Crippen molar-refractivity contribution in [1.29, 1.82) is 0 Å². The van der Waals surface area contributed by atoms with Crippen molar-refractivity contribution in [3.05, 3.63) is 18.1 Å². The minimum atomic E-state index is -4.21. The van der Waals surface area contributed by atoms with E-state index in [4.69, 9.17) is 5.73 Å². The minimum Gasteiger partial charge on any atom is -0.382 e. The van der Waals surface area contributed by atoms with Crippen LogP contribution in [0.3, 0.4) is 0 Å². The lowest BCUT2D eigenvalue weighted by molar-refractivity contribution is -0.183. The Morgan fingerprint density at radius 1 is 1.30 bits per heavy atom. The van der Waals surface area contributed by atoms with Gasteiger partial charge in [0.25, 0.3) is 5.91 Å². The first-order valence-corrected chi connectivity index (χ1v) is 6.32. The van der Waals surface area contributed by atoms with Crippen molar-refractivity contribution >= 4 is 11.7 Å². The van der Waals surface area contributed by atoms with Crippen LogP contribution in [0.15, 0.2) is 12.4 Å². The Morgan fingerprint density at radius 3 is 2.65 bits per heavy atom. The highest BCUT2D eigenvalue weighted by Crippen LogP contribution is 2.37. The van der Waals surface area contributed by atoms with E-state index in [1.807, 2.05) is 0 Å². The van der Waals surface area contributed by atoms with Crippen molar-refractivity contribution < 1.29 is 18.0 Å². The van der Waals surface area contributed by atoms with Gasteiger partial charge in [-0.15, -0.1) is 0 Å². The maximum absolute atomic E-state index is 12.7. The highest BCUT2D eigenvalue weighted by Gasteiger charge is 2.42. The molecule has 1 aliphatic rings. The Bertz CT molecular complexity index is 492. The van der Waals surface area contributed by atoms with Gasteiger partial charge in [-0.1, -0.05) is 6.42 Å². The normalized spacial score (nSPS) is 23.4. The summed E-state index contributed by atoms with van der Waals surface area (Å²) < 4.78 is 38.1. The lowest BCUT2D eigenvalue weighted by Gasteiger charge is -2.30. The van der Waals surface area contributed by atoms with Crippen LogP contribution in [-0.4, -0.2) is 28.1 Å². The van der Waals surface area contributed by atoms with Crippen LogP contribution >= 0.6 is 0 Å². The average molecular weight is 288 g/mol. The zero-order valence-corrected chi connectivity index (χ0v) is 10.7. The Hall–Kier alpha value is -1.86. The zero-order chi connectivity index (χ0) is 14.8. The number of halogens is 3. The van der Waals surface area contributed by atoms with E-state index in [-0.39, 0.29) is 24.4 Å². The number of nitrogens with two attached hydrogens (primary N) is 1. The molecule has 0 aromatic carbocycles. The second-order valence-corrected chi connectivity index (χ2v) is 4.87. The Balaban J connectivity index is 2.00. The number of nitrogens with zero attached hydrogens (tertiary/aromatic N) is 2. The minimum absolute atomic E-state index is 0.0341. The van der Waals surface area contributed by atoms with Crippen LogP contribution in [0.25, 0.3) is 0 Å². The van der Waals surface area contributed by atoms with E-state index in [1.54, 1.807) is 0 Å². The number of hydrogen-bond donors (Lipinski definition) is 2. The van der Waals surface area contributed by atoms with E-state index in [0.29, 0.717) is 12.8 Å². The van der Waals surface area contributed by atoms with Gasteiger partial charge in [0.05, 0.1) is 5.92 Å². The monoisotopic (exact) mass is 288 g/mol. The second kappa shape index (κ2) is 5.64. The summed E-state index contributed by atoms with van der Waals surface area (Å²) in [7, 11) is 0. The Kier molecular flexibility index (Phi) is 4.10. The third-order valence-electron chi connectivity index (χ3n) is 3.41. The Morgan fingerprint density at radius 2 is 2.00 bits per heavy atom. The molecular weight excluding hydrogens is 273 g/mol. The number of carbonyl (C=O) groups is 1. The quantitative estimate of drug-likeness (QED) is 0.871. The maximum Gasteiger partial charge on any atom is 0.391 e. The largest absolute Gasteiger partial charge is 0.391 e. The first-order chi connectivity index (χ1) is 9.38. The van der Waals surface area contributed by atoms with Crippen LogP contribution < -0.4 is 11.1 Å². The van der Waals surface area contributed by atoms with Gasteiger partial charge in [0.2, 0.25) is 0 Å². The number of nitrogen functional groups attached to an aromatic ring is 1. The van der Waals surface area contributed by atoms with Gasteiger partial charge in [0.1, 0.15) is 0 Å². The molecule has 8 heteroatoms. The number of amides is 1. The van der Waals surface area contributed by atoms with Crippen molar-refractivity contribution in [2.24, 2.45) is 5.92 Å². The van der Waals surface area contributed by atoms with Gasteiger partial charge in [-0.3, -0.25) is 4.79 Å². The van der Waals surface area contributed by atoms with E-state index in [2.05, 4.69) is 15.3 Å². The van der Waals surface area contributed by atoms with Crippen molar-refractivity contribution in [3.63, 3.8) is 0 Å². The van der Waals surface area contributed by atoms with Gasteiger partial charge in [0.15, 0.2) is 11.5 Å². The predicted octanol–water partition coefficient (Wildman–Crippen LogP) is 1.91. The number of hydrogen-bond acceptors (Lipinski definition) is 4. The molecule has 20 heavy (non-hydrogen) atoms. The van der Waals surface area contributed by atoms with Crippen molar-refractivity contribution in [1.82, 2.24) is 15.3 Å². The van der Waals surface area contributed by atoms with E-state index >= 15 is 0 Å². The standard InChI is InChI=1S/C12H15F3N4O/c13-12(14,15)7-2-1-3-8(6-7)19-11(20)9-10(16)18-5-4-17-9/h4-5,7-8H,1-3,6H2,(H2,16,18)(H,19,20)/t7-,8-/m0/s1.